The van der Waals surface area contributed by atoms with E-state index in [1.54, 1.807) is 13.0 Å². The number of amides is 1. The molecule has 0 aliphatic heterocycles. The molecule has 0 aromatic heterocycles. The van der Waals surface area contributed by atoms with Crippen molar-refractivity contribution < 1.29 is 9.59 Å². The highest BCUT2D eigenvalue weighted by Crippen LogP contribution is 1.86. The van der Waals surface area contributed by atoms with Crippen LogP contribution in [0.4, 0.5) is 0 Å². The van der Waals surface area contributed by atoms with E-state index in [9.17, 15) is 9.59 Å². The molecule has 17 heavy (non-hydrogen) atoms. The summed E-state index contributed by atoms with van der Waals surface area (Å²) in [6.07, 6.45) is 3.33. The zero-order valence-corrected chi connectivity index (χ0v) is 10.3. The predicted octanol–water partition coefficient (Wildman–Crippen LogP) is -0.128. The topological polar surface area (TPSA) is 134 Å². The Balaban J connectivity index is 0. The van der Waals surface area contributed by atoms with Crippen molar-refractivity contribution in [3.05, 3.63) is 12.2 Å². The van der Waals surface area contributed by atoms with Crippen molar-refractivity contribution in [3.8, 4) is 0 Å². The van der Waals surface area contributed by atoms with Gasteiger partial charge in [-0.3, -0.25) is 10.2 Å². The second-order valence-corrected chi connectivity index (χ2v) is 3.29. The number of ketones is 1. The number of carbonyl (C=O) groups excluding carboxylic acids is 2. The molecule has 6 N–H and O–H groups in total. The van der Waals surface area contributed by atoms with Gasteiger partial charge in [-0.1, -0.05) is 6.08 Å². The van der Waals surface area contributed by atoms with Gasteiger partial charge in [0.05, 0.1) is 0 Å². The van der Waals surface area contributed by atoms with Gasteiger partial charge in [-0.25, -0.2) is 5.43 Å². The van der Waals surface area contributed by atoms with Crippen LogP contribution in [0.15, 0.2) is 17.3 Å². The van der Waals surface area contributed by atoms with Gasteiger partial charge in [0, 0.05) is 12.1 Å². The van der Waals surface area contributed by atoms with E-state index in [0.29, 0.717) is 12.1 Å². The molecule has 7 nitrogen and oxygen atoms in total. The summed E-state index contributed by atoms with van der Waals surface area (Å²) in [6, 6.07) is 0. The summed E-state index contributed by atoms with van der Waals surface area (Å²) in [5.74, 6) is -0.550. The fourth-order valence-electron chi connectivity index (χ4n) is 0.547. The Bertz CT molecular complexity index is 330. The van der Waals surface area contributed by atoms with Gasteiger partial charge in [0.25, 0.3) is 0 Å². The van der Waals surface area contributed by atoms with Crippen molar-refractivity contribution in [2.24, 2.45) is 16.6 Å². The average molecular weight is 241 g/mol. The molecule has 0 heterocycles. The summed E-state index contributed by atoms with van der Waals surface area (Å²) < 4.78 is 0. The highest BCUT2D eigenvalue weighted by Gasteiger charge is 1.89. The normalized spacial score (nSPS) is 10.4. The first-order chi connectivity index (χ1) is 7.75. The van der Waals surface area contributed by atoms with E-state index in [1.165, 1.54) is 19.9 Å². The largest absolute Gasteiger partial charge is 0.369 e. The van der Waals surface area contributed by atoms with Crippen LogP contribution in [0.1, 0.15) is 27.2 Å². The summed E-state index contributed by atoms with van der Waals surface area (Å²) in [5, 5.41) is 10.5. The van der Waals surface area contributed by atoms with Gasteiger partial charge in [-0.05, 0) is 26.8 Å². The Labute approximate surface area is 100 Å². The third-order valence-corrected chi connectivity index (χ3v) is 1.06. The predicted molar refractivity (Wildman–Crippen MR) is 67.5 cm³/mol. The molecule has 0 atom stereocenters. The smallest absolute Gasteiger partial charge is 0.241 e. The molecule has 0 aliphatic rings. The average Bonchev–Trinajstić information content (AvgIpc) is 2.13. The molecule has 0 saturated heterocycles. The van der Waals surface area contributed by atoms with E-state index in [2.05, 4.69) is 10.5 Å². The maximum absolute atomic E-state index is 10.3. The van der Waals surface area contributed by atoms with Crippen LogP contribution in [0.5, 0.6) is 0 Å². The number of carbonyl (C=O) groups is 2. The van der Waals surface area contributed by atoms with Crippen molar-refractivity contribution >= 4 is 23.4 Å². The third-order valence-electron chi connectivity index (χ3n) is 1.06. The van der Waals surface area contributed by atoms with Gasteiger partial charge in [0.1, 0.15) is 5.78 Å². The van der Waals surface area contributed by atoms with Crippen LogP contribution in [0.25, 0.3) is 0 Å². The summed E-state index contributed by atoms with van der Waals surface area (Å²) in [7, 11) is 0. The van der Waals surface area contributed by atoms with Crippen molar-refractivity contribution in [2.45, 2.75) is 27.2 Å². The number of nitrogens with one attached hydrogen (secondary N) is 2. The lowest BCUT2D eigenvalue weighted by atomic mass is 10.3. The first-order valence-corrected chi connectivity index (χ1v) is 4.82. The molecule has 0 bridgehead atoms. The van der Waals surface area contributed by atoms with Gasteiger partial charge in [-0.15, -0.1) is 0 Å². The summed E-state index contributed by atoms with van der Waals surface area (Å²) >= 11 is 0. The number of hydrogen-bond donors (Lipinski definition) is 4. The summed E-state index contributed by atoms with van der Waals surface area (Å²) in [4.78, 5) is 19.7. The Morgan fingerprint density at radius 2 is 1.76 bits per heavy atom. The number of rotatable bonds is 4. The van der Waals surface area contributed by atoms with Crippen LogP contribution in [0.3, 0.4) is 0 Å². The fourth-order valence-corrected chi connectivity index (χ4v) is 0.547. The number of hydrazone groups is 1. The maximum Gasteiger partial charge on any atom is 0.241 e. The van der Waals surface area contributed by atoms with Gasteiger partial charge < -0.3 is 16.3 Å². The zero-order chi connectivity index (χ0) is 13.8. The van der Waals surface area contributed by atoms with E-state index in [-0.39, 0.29) is 11.7 Å². The Morgan fingerprint density at radius 3 is 2.12 bits per heavy atom. The molecule has 0 spiro atoms. The van der Waals surface area contributed by atoms with Gasteiger partial charge in [0.2, 0.25) is 11.9 Å². The number of Topliss-reactive ketones (excluding diaryl/α,β-unsaturated/α-hetero) is 1. The van der Waals surface area contributed by atoms with Crippen molar-refractivity contribution in [1.82, 2.24) is 5.43 Å². The standard InChI is InChI=1S/C7H13N5O.C3H6O/c1-5(11-12-7(9)10)3-2-4-6(8)13;1-3(2)4/h2,4H,3H2,1H3,(H2,8,13)(H4,9,10,12);1-2H3. The quantitative estimate of drug-likeness (QED) is 0.236. The van der Waals surface area contributed by atoms with Crippen LogP contribution in [0.2, 0.25) is 0 Å². The van der Waals surface area contributed by atoms with E-state index >= 15 is 0 Å². The van der Waals surface area contributed by atoms with Crippen molar-refractivity contribution in [1.29, 1.82) is 5.41 Å². The van der Waals surface area contributed by atoms with Crippen LogP contribution in [-0.4, -0.2) is 23.4 Å². The molecule has 0 saturated carbocycles. The number of nitrogens with two attached hydrogens (primary N) is 2. The highest BCUT2D eigenvalue weighted by atomic mass is 16.1. The highest BCUT2D eigenvalue weighted by molar-refractivity contribution is 5.88. The molecule has 96 valence electrons. The van der Waals surface area contributed by atoms with Crippen LogP contribution < -0.4 is 16.9 Å². The molecule has 0 unspecified atom stereocenters. The molecule has 1 amide bonds. The van der Waals surface area contributed by atoms with Gasteiger partial charge in [0.15, 0.2) is 0 Å². The van der Waals surface area contributed by atoms with E-state index in [0.717, 1.165) is 0 Å². The maximum atomic E-state index is 10.3. The van der Waals surface area contributed by atoms with Gasteiger partial charge >= 0.3 is 0 Å². The molecule has 7 heteroatoms. The third kappa shape index (κ3) is 24.8. The van der Waals surface area contributed by atoms with E-state index in [4.69, 9.17) is 16.9 Å². The molecule has 0 radical (unpaired) electrons. The molecular formula is C10H19N5O2. The molecule has 0 aromatic rings. The fraction of sp³-hybridized carbons (Fsp3) is 0.400. The van der Waals surface area contributed by atoms with Crippen molar-refractivity contribution in [2.75, 3.05) is 0 Å². The van der Waals surface area contributed by atoms with E-state index < -0.39 is 5.91 Å². The molecule has 0 aromatic carbocycles. The van der Waals surface area contributed by atoms with E-state index in [1.807, 2.05) is 0 Å². The van der Waals surface area contributed by atoms with Crippen LogP contribution >= 0.6 is 0 Å². The Hall–Kier alpha value is -2.18. The SMILES string of the molecule is CC(C)=O.CC(CC=CC(N)=O)=NNC(=N)N. The lowest BCUT2D eigenvalue weighted by Crippen LogP contribution is -2.26. The Morgan fingerprint density at radius 1 is 1.29 bits per heavy atom. The van der Waals surface area contributed by atoms with Crippen LogP contribution in [0, 0.1) is 5.41 Å². The number of hydrogen-bond acceptors (Lipinski definition) is 4. The molecule has 0 fully saturated rings. The number of nitrogens with zero attached hydrogens (tertiary/aromatic N) is 1. The number of guanidine groups is 1. The molecular weight excluding hydrogens is 222 g/mol. The van der Waals surface area contributed by atoms with Crippen molar-refractivity contribution in [3.63, 3.8) is 0 Å². The Kier molecular flexibility index (Phi) is 10.5. The summed E-state index contributed by atoms with van der Waals surface area (Å²) in [6.45, 7) is 4.79. The second-order valence-electron chi connectivity index (χ2n) is 3.29. The zero-order valence-electron chi connectivity index (χ0n) is 10.3. The number of allylic oxidation sites excluding steroid dienone is 1. The number of primary amides is 1. The minimum atomic E-state index is -0.493. The minimum Gasteiger partial charge on any atom is -0.369 e. The van der Waals surface area contributed by atoms with Crippen LogP contribution in [-0.2, 0) is 9.59 Å². The molecule has 0 aliphatic carbocycles. The first kappa shape index (κ1) is 17.2. The van der Waals surface area contributed by atoms with Gasteiger partial charge in [-0.2, -0.15) is 5.10 Å². The second kappa shape index (κ2) is 10.3. The summed E-state index contributed by atoms with van der Waals surface area (Å²) in [5.41, 5.74) is 12.8. The monoisotopic (exact) mass is 241 g/mol. The lowest BCUT2D eigenvalue weighted by Gasteiger charge is -1.97. The lowest BCUT2D eigenvalue weighted by molar-refractivity contribution is -0.115. The minimum absolute atomic E-state index is 0.167. The first-order valence-electron chi connectivity index (χ1n) is 4.82. The molecule has 0 rings (SSSR count).